The summed E-state index contributed by atoms with van der Waals surface area (Å²) in [6, 6.07) is 18.6. The number of nitrogens with zero attached hydrogens (tertiary/aromatic N) is 4. The first-order valence-electron chi connectivity index (χ1n) is 11.2. The van der Waals surface area contributed by atoms with Gasteiger partial charge in [0.15, 0.2) is 11.5 Å². The van der Waals surface area contributed by atoms with Crippen LogP contribution in [0, 0.1) is 0 Å². The highest BCUT2D eigenvalue weighted by Crippen LogP contribution is 2.30. The van der Waals surface area contributed by atoms with Gasteiger partial charge in [-0.05, 0) is 23.6 Å². The maximum absolute atomic E-state index is 13.0. The van der Waals surface area contributed by atoms with E-state index in [0.29, 0.717) is 23.4 Å². The molecule has 170 valence electrons. The van der Waals surface area contributed by atoms with Gasteiger partial charge in [-0.2, -0.15) is 5.10 Å². The lowest BCUT2D eigenvalue weighted by Gasteiger charge is -2.36. The fraction of sp³-hybridized carbons (Fsp3) is 0.308. The minimum atomic E-state index is -0.108. The number of methoxy groups -OCH3 is 2. The summed E-state index contributed by atoms with van der Waals surface area (Å²) in [5.41, 5.74) is 1.19. The molecule has 1 aliphatic rings. The van der Waals surface area contributed by atoms with E-state index in [-0.39, 0.29) is 5.56 Å². The molecular formula is C26H28N4O3. The highest BCUT2D eigenvalue weighted by molar-refractivity contribution is 5.94. The van der Waals surface area contributed by atoms with E-state index in [9.17, 15) is 4.79 Å². The van der Waals surface area contributed by atoms with Crippen molar-refractivity contribution in [3.05, 3.63) is 71.1 Å². The monoisotopic (exact) mass is 444 g/mol. The Morgan fingerprint density at radius 1 is 0.818 bits per heavy atom. The molecule has 0 bridgehead atoms. The van der Waals surface area contributed by atoms with E-state index in [2.05, 4.69) is 57.4 Å². The number of ether oxygens (including phenoxy) is 2. The molecule has 0 atom stereocenters. The van der Waals surface area contributed by atoms with E-state index in [1.54, 1.807) is 37.2 Å². The summed E-state index contributed by atoms with van der Waals surface area (Å²) in [5, 5.41) is 8.29. The molecule has 3 aromatic carbocycles. The lowest BCUT2D eigenvalue weighted by atomic mass is 10.1. The number of benzene rings is 3. The maximum Gasteiger partial charge on any atom is 0.274 e. The average molecular weight is 445 g/mol. The molecule has 1 aromatic heterocycles. The molecule has 1 saturated heterocycles. The smallest absolute Gasteiger partial charge is 0.274 e. The summed E-state index contributed by atoms with van der Waals surface area (Å²) in [5.74, 6) is 1.14. The molecule has 1 aliphatic heterocycles. The number of hydrogen-bond donors (Lipinski definition) is 0. The van der Waals surface area contributed by atoms with Crippen LogP contribution in [0.15, 0.2) is 65.6 Å². The topological polar surface area (TPSA) is 59.8 Å². The van der Waals surface area contributed by atoms with E-state index in [4.69, 9.17) is 9.47 Å². The second-order valence-corrected chi connectivity index (χ2v) is 8.29. The summed E-state index contributed by atoms with van der Waals surface area (Å²) < 4.78 is 12.2. The van der Waals surface area contributed by atoms with Gasteiger partial charge in [0, 0.05) is 49.2 Å². The minimum Gasteiger partial charge on any atom is -0.493 e. The summed E-state index contributed by atoms with van der Waals surface area (Å²) in [7, 11) is 3.15. The molecule has 0 spiro atoms. The fourth-order valence-electron chi connectivity index (χ4n) is 4.60. The standard InChI is InChI=1S/C26H28N4O3/c1-32-24-16-20-18-27-30(26(31)22(20)17-25(24)33-2)15-12-28-10-13-29(14-11-28)23-9-5-7-19-6-3-4-8-21(19)23/h3-9,16-18H,10-15H2,1-2H3. The Bertz CT molecular complexity index is 1340. The van der Waals surface area contributed by atoms with Crippen LogP contribution >= 0.6 is 0 Å². The first-order valence-corrected chi connectivity index (χ1v) is 11.2. The lowest BCUT2D eigenvalue weighted by molar-refractivity contribution is 0.243. The second kappa shape index (κ2) is 9.11. The van der Waals surface area contributed by atoms with Crippen molar-refractivity contribution >= 4 is 27.2 Å². The molecule has 0 amide bonds. The molecule has 7 nitrogen and oxygen atoms in total. The Hall–Kier alpha value is -3.58. The number of hydrogen-bond acceptors (Lipinski definition) is 6. The predicted octanol–water partition coefficient (Wildman–Crippen LogP) is 3.39. The van der Waals surface area contributed by atoms with E-state index in [1.807, 2.05) is 0 Å². The maximum atomic E-state index is 13.0. The summed E-state index contributed by atoms with van der Waals surface area (Å²) in [6.45, 7) is 5.18. The highest BCUT2D eigenvalue weighted by atomic mass is 16.5. The molecule has 33 heavy (non-hydrogen) atoms. The Morgan fingerprint density at radius 3 is 2.33 bits per heavy atom. The van der Waals surface area contributed by atoms with Crippen molar-refractivity contribution < 1.29 is 9.47 Å². The van der Waals surface area contributed by atoms with Gasteiger partial charge in [0.1, 0.15) is 0 Å². The zero-order chi connectivity index (χ0) is 22.8. The molecule has 0 radical (unpaired) electrons. The van der Waals surface area contributed by atoms with E-state index < -0.39 is 0 Å². The molecule has 0 saturated carbocycles. The van der Waals surface area contributed by atoms with Crippen LogP contribution in [-0.2, 0) is 6.54 Å². The molecule has 0 aliphatic carbocycles. The zero-order valence-corrected chi connectivity index (χ0v) is 19.0. The quantitative estimate of drug-likeness (QED) is 0.454. The third-order valence-corrected chi connectivity index (χ3v) is 6.46. The number of rotatable bonds is 6. The summed E-state index contributed by atoms with van der Waals surface area (Å²) >= 11 is 0. The van der Waals surface area contributed by atoms with Gasteiger partial charge >= 0.3 is 0 Å². The third-order valence-electron chi connectivity index (χ3n) is 6.46. The van der Waals surface area contributed by atoms with Gasteiger partial charge in [0.25, 0.3) is 5.56 Å². The molecule has 4 aromatic rings. The van der Waals surface area contributed by atoms with Gasteiger partial charge < -0.3 is 14.4 Å². The fourth-order valence-corrected chi connectivity index (χ4v) is 4.60. The minimum absolute atomic E-state index is 0.108. The predicted molar refractivity (Wildman–Crippen MR) is 132 cm³/mol. The molecule has 0 N–H and O–H groups in total. The number of anilines is 1. The van der Waals surface area contributed by atoms with Gasteiger partial charge in [0.05, 0.1) is 32.3 Å². The van der Waals surface area contributed by atoms with E-state index in [0.717, 1.165) is 38.1 Å². The van der Waals surface area contributed by atoms with Gasteiger partial charge in [-0.3, -0.25) is 9.69 Å². The average Bonchev–Trinajstić information content (AvgIpc) is 2.87. The van der Waals surface area contributed by atoms with Gasteiger partial charge in [-0.15, -0.1) is 0 Å². The Kier molecular flexibility index (Phi) is 5.88. The second-order valence-electron chi connectivity index (χ2n) is 8.29. The Morgan fingerprint density at radius 2 is 1.55 bits per heavy atom. The van der Waals surface area contributed by atoms with Gasteiger partial charge in [-0.1, -0.05) is 36.4 Å². The van der Waals surface area contributed by atoms with Crippen LogP contribution in [0.1, 0.15) is 0 Å². The first-order chi connectivity index (χ1) is 16.2. The first kappa shape index (κ1) is 21.3. The molecule has 0 unspecified atom stereocenters. The number of fused-ring (bicyclic) bond motifs is 2. The van der Waals surface area contributed by atoms with Crippen molar-refractivity contribution in [3.8, 4) is 11.5 Å². The highest BCUT2D eigenvalue weighted by Gasteiger charge is 2.19. The van der Waals surface area contributed by atoms with Crippen LogP contribution in [0.4, 0.5) is 5.69 Å². The van der Waals surface area contributed by atoms with Crippen LogP contribution in [-0.4, -0.2) is 61.6 Å². The van der Waals surface area contributed by atoms with Crippen LogP contribution in [0.3, 0.4) is 0 Å². The zero-order valence-electron chi connectivity index (χ0n) is 19.0. The molecular weight excluding hydrogens is 416 g/mol. The van der Waals surface area contributed by atoms with Crippen LogP contribution < -0.4 is 19.9 Å². The van der Waals surface area contributed by atoms with Gasteiger partial charge in [-0.25, -0.2) is 4.68 Å². The van der Waals surface area contributed by atoms with Crippen LogP contribution in [0.25, 0.3) is 21.5 Å². The SMILES string of the molecule is COc1cc2cnn(CCN3CCN(c4cccc5ccccc45)CC3)c(=O)c2cc1OC. The van der Waals surface area contributed by atoms with Crippen molar-refractivity contribution in [3.63, 3.8) is 0 Å². The van der Waals surface area contributed by atoms with Crippen LogP contribution in [0.5, 0.6) is 11.5 Å². The normalized spacial score (nSPS) is 14.7. The van der Waals surface area contributed by atoms with E-state index >= 15 is 0 Å². The van der Waals surface area contributed by atoms with Gasteiger partial charge in [0.2, 0.25) is 0 Å². The molecule has 5 rings (SSSR count). The Balaban J connectivity index is 1.26. The molecule has 2 heterocycles. The molecule has 1 fully saturated rings. The third kappa shape index (κ3) is 4.12. The van der Waals surface area contributed by atoms with E-state index in [1.165, 1.54) is 16.5 Å². The van der Waals surface area contributed by atoms with Crippen molar-refractivity contribution in [1.29, 1.82) is 0 Å². The summed E-state index contributed by atoms with van der Waals surface area (Å²) in [6.07, 6.45) is 1.72. The Labute approximate surface area is 192 Å². The number of piperazine rings is 1. The summed E-state index contributed by atoms with van der Waals surface area (Å²) in [4.78, 5) is 17.9. The van der Waals surface area contributed by atoms with Crippen molar-refractivity contribution in [2.45, 2.75) is 6.54 Å². The van der Waals surface area contributed by atoms with Crippen molar-refractivity contribution in [1.82, 2.24) is 14.7 Å². The number of aromatic nitrogens is 2. The largest absolute Gasteiger partial charge is 0.493 e. The molecule has 7 heteroatoms. The lowest BCUT2D eigenvalue weighted by Crippen LogP contribution is -2.47. The van der Waals surface area contributed by atoms with Crippen LogP contribution in [0.2, 0.25) is 0 Å². The van der Waals surface area contributed by atoms with Crippen molar-refractivity contribution in [2.24, 2.45) is 0 Å². The van der Waals surface area contributed by atoms with Crippen molar-refractivity contribution in [2.75, 3.05) is 51.8 Å².